The normalized spacial score (nSPS) is 11.1. The Bertz CT molecular complexity index is 667. The second-order valence-corrected chi connectivity index (χ2v) is 5.42. The van der Waals surface area contributed by atoms with Crippen molar-refractivity contribution in [3.05, 3.63) is 36.4 Å². The van der Waals surface area contributed by atoms with Gasteiger partial charge in [0.1, 0.15) is 5.75 Å². The van der Waals surface area contributed by atoms with Gasteiger partial charge in [0.25, 0.3) is 10.1 Å². The molecule has 0 aromatic heterocycles. The predicted octanol–water partition coefficient (Wildman–Crippen LogP) is 2.49. The number of ether oxygens (including phenoxy) is 1. The van der Waals surface area contributed by atoms with E-state index in [4.69, 9.17) is 9.29 Å². The van der Waals surface area contributed by atoms with Gasteiger partial charge < -0.3 is 4.74 Å². The molecule has 19 heavy (non-hydrogen) atoms. The Balaban J connectivity index is 0.00000180. The van der Waals surface area contributed by atoms with E-state index >= 15 is 0 Å². The smallest absolute Gasteiger partial charge is 0.294 e. The first-order valence-electron chi connectivity index (χ1n) is 5.65. The molecule has 0 spiro atoms. The maximum absolute atomic E-state index is 11.0. The van der Waals surface area contributed by atoms with Crippen LogP contribution in [0.5, 0.6) is 5.75 Å². The second kappa shape index (κ2) is 6.72. The van der Waals surface area contributed by atoms with Crippen molar-refractivity contribution in [2.75, 3.05) is 6.61 Å². The number of fused-ring (bicyclic) bond motifs is 1. The van der Waals surface area contributed by atoms with Crippen LogP contribution in [0.4, 0.5) is 0 Å². The van der Waals surface area contributed by atoms with Crippen molar-refractivity contribution in [2.24, 2.45) is 0 Å². The Kier molecular flexibility index (Phi) is 5.82. The van der Waals surface area contributed by atoms with Crippen LogP contribution in [-0.4, -0.2) is 49.1 Å². The van der Waals surface area contributed by atoms with Gasteiger partial charge in [-0.3, -0.25) is 4.55 Å². The van der Waals surface area contributed by atoms with Gasteiger partial charge in [0.15, 0.2) is 0 Å². The van der Waals surface area contributed by atoms with Crippen LogP contribution in [0.25, 0.3) is 10.8 Å². The number of rotatable bonds is 4. The van der Waals surface area contributed by atoms with E-state index in [9.17, 15) is 8.42 Å². The summed E-state index contributed by atoms with van der Waals surface area (Å²) in [6.07, 6.45) is 0.930. The third-order valence-corrected chi connectivity index (χ3v) is 3.40. The van der Waals surface area contributed by atoms with Gasteiger partial charge in [-0.05, 0) is 41.5 Å². The van der Waals surface area contributed by atoms with Gasteiger partial charge in [-0.1, -0.05) is 19.1 Å². The van der Waals surface area contributed by atoms with Gasteiger partial charge >= 0.3 is 0 Å². The first-order chi connectivity index (χ1) is 8.50. The molecule has 1 radical (unpaired) electrons. The molecular formula is C13H14NaO4S. The van der Waals surface area contributed by atoms with Crippen molar-refractivity contribution < 1.29 is 17.7 Å². The van der Waals surface area contributed by atoms with Crippen molar-refractivity contribution in [3.8, 4) is 5.75 Å². The van der Waals surface area contributed by atoms with Gasteiger partial charge in [-0.25, -0.2) is 0 Å². The van der Waals surface area contributed by atoms with Gasteiger partial charge in [0.2, 0.25) is 0 Å². The van der Waals surface area contributed by atoms with Crippen LogP contribution >= 0.6 is 0 Å². The average Bonchev–Trinajstić information content (AvgIpc) is 2.34. The van der Waals surface area contributed by atoms with Crippen LogP contribution in [0, 0.1) is 0 Å². The fourth-order valence-electron chi connectivity index (χ4n) is 1.67. The van der Waals surface area contributed by atoms with Crippen LogP contribution in [0.3, 0.4) is 0 Å². The fourth-order valence-corrected chi connectivity index (χ4v) is 2.19. The van der Waals surface area contributed by atoms with Gasteiger partial charge in [-0.15, -0.1) is 0 Å². The summed E-state index contributed by atoms with van der Waals surface area (Å²) < 4.78 is 36.5. The summed E-state index contributed by atoms with van der Waals surface area (Å²) in [7, 11) is -4.15. The Labute approximate surface area is 134 Å². The molecule has 0 atom stereocenters. The zero-order chi connectivity index (χ0) is 13.2. The van der Waals surface area contributed by atoms with Gasteiger partial charge in [-0.2, -0.15) is 8.42 Å². The first kappa shape index (κ1) is 16.5. The molecule has 0 heterocycles. The van der Waals surface area contributed by atoms with Crippen LogP contribution in [0.1, 0.15) is 13.3 Å². The molecule has 4 nitrogen and oxygen atoms in total. The van der Waals surface area contributed by atoms with E-state index in [2.05, 4.69) is 0 Å². The molecule has 1 N–H and O–H groups in total. The molecular weight excluding hydrogens is 275 g/mol. The molecule has 2 aromatic rings. The SMILES string of the molecule is CCCOc1ccc2cc(S(=O)(=O)O)ccc2c1.[Na]. The summed E-state index contributed by atoms with van der Waals surface area (Å²) >= 11 is 0. The molecule has 2 rings (SSSR count). The molecule has 0 saturated heterocycles. The van der Waals surface area contributed by atoms with Gasteiger partial charge in [0.05, 0.1) is 11.5 Å². The first-order valence-corrected chi connectivity index (χ1v) is 7.09. The number of benzene rings is 2. The molecule has 97 valence electrons. The van der Waals surface area contributed by atoms with Gasteiger partial charge in [0, 0.05) is 29.6 Å². The topological polar surface area (TPSA) is 63.6 Å². The van der Waals surface area contributed by atoms with E-state index in [0.29, 0.717) is 6.61 Å². The summed E-state index contributed by atoms with van der Waals surface area (Å²) in [5, 5.41) is 1.62. The summed E-state index contributed by atoms with van der Waals surface area (Å²) in [5.74, 6) is 0.754. The summed E-state index contributed by atoms with van der Waals surface area (Å²) in [6, 6.07) is 9.87. The quantitative estimate of drug-likeness (QED) is 0.694. The molecule has 0 saturated carbocycles. The monoisotopic (exact) mass is 289 g/mol. The van der Waals surface area contributed by atoms with Crippen molar-refractivity contribution in [3.63, 3.8) is 0 Å². The molecule has 0 fully saturated rings. The Morgan fingerprint density at radius 2 is 1.74 bits per heavy atom. The van der Waals surface area contributed by atoms with Crippen LogP contribution in [0.2, 0.25) is 0 Å². The minimum atomic E-state index is -4.15. The Morgan fingerprint density at radius 1 is 1.11 bits per heavy atom. The zero-order valence-electron chi connectivity index (χ0n) is 11.0. The molecule has 0 amide bonds. The Hall–Kier alpha value is -0.590. The third kappa shape index (κ3) is 4.19. The van der Waals surface area contributed by atoms with Crippen LogP contribution < -0.4 is 4.74 Å². The van der Waals surface area contributed by atoms with E-state index in [1.165, 1.54) is 12.1 Å². The summed E-state index contributed by atoms with van der Waals surface area (Å²) in [6.45, 7) is 2.67. The fraction of sp³-hybridized carbons (Fsp3) is 0.231. The maximum Gasteiger partial charge on any atom is 0.294 e. The molecule has 0 unspecified atom stereocenters. The van der Waals surface area contributed by atoms with E-state index in [-0.39, 0.29) is 34.5 Å². The van der Waals surface area contributed by atoms with E-state index in [1.807, 2.05) is 13.0 Å². The van der Waals surface area contributed by atoms with E-state index in [1.54, 1.807) is 18.2 Å². The molecule has 2 aromatic carbocycles. The standard InChI is InChI=1S/C13H14O4S.Na/c1-2-7-17-12-5-3-11-9-13(18(14,15)16)6-4-10(11)8-12;/h3-6,8-9H,2,7H2,1H3,(H,14,15,16);. The summed E-state index contributed by atoms with van der Waals surface area (Å²) in [4.78, 5) is -0.0998. The zero-order valence-corrected chi connectivity index (χ0v) is 13.8. The van der Waals surface area contributed by atoms with Crippen molar-refractivity contribution in [1.29, 1.82) is 0 Å². The molecule has 0 aliphatic rings. The number of hydrogen-bond donors (Lipinski definition) is 1. The average molecular weight is 289 g/mol. The van der Waals surface area contributed by atoms with Crippen LogP contribution in [0.15, 0.2) is 41.3 Å². The van der Waals surface area contributed by atoms with Crippen molar-refractivity contribution in [2.45, 2.75) is 18.2 Å². The molecule has 0 aliphatic carbocycles. The third-order valence-electron chi connectivity index (χ3n) is 2.55. The largest absolute Gasteiger partial charge is 0.494 e. The Morgan fingerprint density at radius 3 is 2.37 bits per heavy atom. The van der Waals surface area contributed by atoms with E-state index in [0.717, 1.165) is 22.9 Å². The number of hydrogen-bond acceptors (Lipinski definition) is 3. The second-order valence-electron chi connectivity index (χ2n) is 3.99. The van der Waals surface area contributed by atoms with Crippen molar-refractivity contribution in [1.82, 2.24) is 0 Å². The van der Waals surface area contributed by atoms with Crippen LogP contribution in [-0.2, 0) is 10.1 Å². The minimum Gasteiger partial charge on any atom is -0.494 e. The van der Waals surface area contributed by atoms with E-state index < -0.39 is 10.1 Å². The minimum absolute atomic E-state index is 0. The summed E-state index contributed by atoms with van der Waals surface area (Å²) in [5.41, 5.74) is 0. The molecule has 0 bridgehead atoms. The molecule has 6 heteroatoms. The predicted molar refractivity (Wildman–Crippen MR) is 75.3 cm³/mol. The molecule has 0 aliphatic heterocycles. The van der Waals surface area contributed by atoms with Crippen molar-refractivity contribution >= 4 is 50.4 Å². The maximum atomic E-state index is 11.0.